The van der Waals surface area contributed by atoms with E-state index in [2.05, 4.69) is 10.3 Å². The maximum Gasteiger partial charge on any atom is 0.180 e. The molecule has 0 saturated heterocycles. The number of thiazole rings is 1. The minimum Gasteiger partial charge on any atom is -0.377 e. The van der Waals surface area contributed by atoms with Crippen LogP contribution in [-0.2, 0) is 16.4 Å². The average molecular weight is 296 g/mol. The summed E-state index contributed by atoms with van der Waals surface area (Å²) < 4.78 is 24.3. The number of rotatable bonds is 6. The predicted molar refractivity (Wildman–Crippen MR) is 78.2 cm³/mol. The molecule has 2 rings (SSSR count). The van der Waals surface area contributed by atoms with Crippen molar-refractivity contribution in [1.29, 1.82) is 0 Å². The van der Waals surface area contributed by atoms with Crippen LogP contribution in [0.1, 0.15) is 18.4 Å². The molecule has 19 heavy (non-hydrogen) atoms. The van der Waals surface area contributed by atoms with Crippen molar-refractivity contribution in [3.63, 3.8) is 0 Å². The van der Waals surface area contributed by atoms with Gasteiger partial charge < -0.3 is 5.32 Å². The highest BCUT2D eigenvalue weighted by atomic mass is 32.2. The number of anilines is 1. The molecule has 0 saturated carbocycles. The van der Waals surface area contributed by atoms with Gasteiger partial charge in [0.25, 0.3) is 0 Å². The van der Waals surface area contributed by atoms with Crippen molar-refractivity contribution < 1.29 is 8.42 Å². The molecule has 0 radical (unpaired) electrons. The predicted octanol–water partition coefficient (Wildman–Crippen LogP) is 2.94. The number of nitrogens with one attached hydrogen (secondary N) is 1. The van der Waals surface area contributed by atoms with Gasteiger partial charge in [-0.05, 0) is 18.6 Å². The van der Waals surface area contributed by atoms with Gasteiger partial charge in [-0.15, -0.1) is 11.3 Å². The zero-order valence-corrected chi connectivity index (χ0v) is 12.3. The third kappa shape index (κ3) is 3.54. The molecule has 0 fully saturated rings. The molecular weight excluding hydrogens is 280 g/mol. The van der Waals surface area contributed by atoms with E-state index in [1.165, 1.54) is 0 Å². The normalized spacial score (nSPS) is 11.4. The summed E-state index contributed by atoms with van der Waals surface area (Å²) in [5, 5.41) is 5.98. The third-order valence-electron chi connectivity index (χ3n) is 2.61. The SMILES string of the molecule is CCCS(=O)(=O)c1ccccc1NCc1nccs1. The number of hydrogen-bond donors (Lipinski definition) is 1. The van der Waals surface area contributed by atoms with Gasteiger partial charge in [0.2, 0.25) is 0 Å². The number of sulfone groups is 1. The van der Waals surface area contributed by atoms with E-state index in [1.807, 2.05) is 18.4 Å². The molecule has 1 heterocycles. The Bertz CT molecular complexity index is 622. The Kier molecular flexibility index (Phi) is 4.55. The van der Waals surface area contributed by atoms with Crippen molar-refractivity contribution in [2.45, 2.75) is 24.8 Å². The average Bonchev–Trinajstić information content (AvgIpc) is 2.90. The highest BCUT2D eigenvalue weighted by molar-refractivity contribution is 7.91. The molecule has 102 valence electrons. The standard InChI is InChI=1S/C13H16N2O2S2/c1-2-9-19(16,17)12-6-4-3-5-11(12)15-10-13-14-7-8-18-13/h3-8,15H,2,9-10H2,1H3. The van der Waals surface area contributed by atoms with Crippen LogP contribution in [0.5, 0.6) is 0 Å². The first-order chi connectivity index (χ1) is 9.13. The van der Waals surface area contributed by atoms with Gasteiger partial charge >= 0.3 is 0 Å². The van der Waals surface area contributed by atoms with E-state index < -0.39 is 9.84 Å². The number of benzene rings is 1. The molecular formula is C13H16N2O2S2. The Morgan fingerprint density at radius 3 is 2.79 bits per heavy atom. The van der Waals surface area contributed by atoms with E-state index in [0.717, 1.165) is 5.01 Å². The zero-order valence-electron chi connectivity index (χ0n) is 10.7. The molecule has 0 aliphatic carbocycles. The number of nitrogens with zero attached hydrogens (tertiary/aromatic N) is 1. The fourth-order valence-electron chi connectivity index (χ4n) is 1.77. The van der Waals surface area contributed by atoms with Crippen molar-refractivity contribution in [3.8, 4) is 0 Å². The monoisotopic (exact) mass is 296 g/mol. The van der Waals surface area contributed by atoms with Gasteiger partial charge in [0.1, 0.15) is 5.01 Å². The first-order valence-corrected chi connectivity index (χ1v) is 8.60. The minimum atomic E-state index is -3.21. The summed E-state index contributed by atoms with van der Waals surface area (Å²) in [7, 11) is -3.21. The van der Waals surface area contributed by atoms with E-state index in [0.29, 0.717) is 23.5 Å². The Balaban J connectivity index is 2.21. The number of hydrogen-bond acceptors (Lipinski definition) is 5. The first kappa shape index (κ1) is 14.0. The quantitative estimate of drug-likeness (QED) is 0.890. The minimum absolute atomic E-state index is 0.170. The summed E-state index contributed by atoms with van der Waals surface area (Å²) in [6.07, 6.45) is 2.35. The van der Waals surface area contributed by atoms with E-state index in [-0.39, 0.29) is 5.75 Å². The molecule has 0 aliphatic heterocycles. The van der Waals surface area contributed by atoms with Crippen LogP contribution in [0.15, 0.2) is 40.7 Å². The number of aromatic nitrogens is 1. The summed E-state index contributed by atoms with van der Waals surface area (Å²) in [6.45, 7) is 2.40. The molecule has 1 aromatic heterocycles. The largest absolute Gasteiger partial charge is 0.377 e. The molecule has 0 unspecified atom stereocenters. The van der Waals surface area contributed by atoms with E-state index >= 15 is 0 Å². The van der Waals surface area contributed by atoms with Gasteiger partial charge in [-0.2, -0.15) is 0 Å². The van der Waals surface area contributed by atoms with Crippen LogP contribution >= 0.6 is 11.3 Å². The molecule has 1 N–H and O–H groups in total. The second-order valence-electron chi connectivity index (χ2n) is 4.09. The Morgan fingerprint density at radius 1 is 1.32 bits per heavy atom. The summed E-state index contributed by atoms with van der Waals surface area (Å²) in [6, 6.07) is 7.01. The third-order valence-corrected chi connectivity index (χ3v) is 5.36. The zero-order chi connectivity index (χ0) is 13.7. The Hall–Kier alpha value is -1.40. The van der Waals surface area contributed by atoms with Crippen LogP contribution in [0.3, 0.4) is 0 Å². The molecule has 2 aromatic rings. The van der Waals surface area contributed by atoms with E-state index in [4.69, 9.17) is 0 Å². The highest BCUT2D eigenvalue weighted by Gasteiger charge is 2.17. The van der Waals surface area contributed by atoms with Crippen molar-refractivity contribution in [3.05, 3.63) is 40.8 Å². The molecule has 0 atom stereocenters. The van der Waals surface area contributed by atoms with Crippen LogP contribution in [0.25, 0.3) is 0 Å². The van der Waals surface area contributed by atoms with Crippen molar-refractivity contribution >= 4 is 26.9 Å². The molecule has 0 bridgehead atoms. The Labute approximate surface area is 117 Å². The van der Waals surface area contributed by atoms with Gasteiger partial charge in [-0.3, -0.25) is 0 Å². The summed E-state index contributed by atoms with van der Waals surface area (Å²) >= 11 is 1.54. The molecule has 0 spiro atoms. The molecule has 0 aliphatic rings. The fourth-order valence-corrected chi connectivity index (χ4v) is 3.85. The highest BCUT2D eigenvalue weighted by Crippen LogP contribution is 2.23. The van der Waals surface area contributed by atoms with Crippen molar-refractivity contribution in [2.75, 3.05) is 11.1 Å². The van der Waals surface area contributed by atoms with Crippen LogP contribution in [0.2, 0.25) is 0 Å². The number of para-hydroxylation sites is 1. The second-order valence-corrected chi connectivity index (χ2v) is 7.15. The first-order valence-electron chi connectivity index (χ1n) is 6.07. The summed E-state index contributed by atoms with van der Waals surface area (Å²) in [4.78, 5) is 4.53. The van der Waals surface area contributed by atoms with Crippen molar-refractivity contribution in [2.24, 2.45) is 0 Å². The van der Waals surface area contributed by atoms with Crippen LogP contribution in [0.4, 0.5) is 5.69 Å². The molecule has 1 aromatic carbocycles. The summed E-state index contributed by atoms with van der Waals surface area (Å²) in [5.41, 5.74) is 0.645. The van der Waals surface area contributed by atoms with Crippen LogP contribution in [0, 0.1) is 0 Å². The van der Waals surface area contributed by atoms with Crippen molar-refractivity contribution in [1.82, 2.24) is 4.98 Å². The van der Waals surface area contributed by atoms with Gasteiger partial charge in [0, 0.05) is 11.6 Å². The van der Waals surface area contributed by atoms with Crippen LogP contribution < -0.4 is 5.32 Å². The Morgan fingerprint density at radius 2 is 2.11 bits per heavy atom. The molecule has 4 nitrogen and oxygen atoms in total. The lowest BCUT2D eigenvalue weighted by molar-refractivity contribution is 0.595. The van der Waals surface area contributed by atoms with Gasteiger partial charge in [0.05, 0.1) is 22.9 Å². The topological polar surface area (TPSA) is 59.1 Å². The van der Waals surface area contributed by atoms with Gasteiger partial charge in [-0.1, -0.05) is 19.1 Å². The molecule has 6 heteroatoms. The van der Waals surface area contributed by atoms with E-state index in [9.17, 15) is 8.42 Å². The molecule has 0 amide bonds. The van der Waals surface area contributed by atoms with E-state index in [1.54, 1.807) is 35.7 Å². The maximum atomic E-state index is 12.2. The lowest BCUT2D eigenvalue weighted by Crippen LogP contribution is -2.10. The lowest BCUT2D eigenvalue weighted by atomic mass is 10.3. The maximum absolute atomic E-state index is 12.2. The second kappa shape index (κ2) is 6.16. The van der Waals surface area contributed by atoms with Gasteiger partial charge in [-0.25, -0.2) is 13.4 Å². The fraction of sp³-hybridized carbons (Fsp3) is 0.308. The smallest absolute Gasteiger partial charge is 0.180 e. The van der Waals surface area contributed by atoms with Gasteiger partial charge in [0.15, 0.2) is 9.84 Å². The lowest BCUT2D eigenvalue weighted by Gasteiger charge is -2.11. The van der Waals surface area contributed by atoms with Crippen LogP contribution in [-0.4, -0.2) is 19.2 Å². The summed E-state index contributed by atoms with van der Waals surface area (Å²) in [5.74, 6) is 0.170.